The van der Waals surface area contributed by atoms with E-state index in [2.05, 4.69) is 15.1 Å². The first-order valence-corrected chi connectivity index (χ1v) is 9.29. The predicted molar refractivity (Wildman–Crippen MR) is 99.5 cm³/mol. The Hall–Kier alpha value is -1.33. The van der Waals surface area contributed by atoms with Gasteiger partial charge in [-0.15, -0.1) is 0 Å². The summed E-state index contributed by atoms with van der Waals surface area (Å²) >= 11 is 0. The third kappa shape index (κ3) is 4.84. The Balaban J connectivity index is 0.00000100. The molecule has 136 valence electrons. The fourth-order valence-electron chi connectivity index (χ4n) is 3.53. The molecule has 0 amide bonds. The Morgan fingerprint density at radius 1 is 1.12 bits per heavy atom. The maximum atomic E-state index is 14.2. The first-order valence-electron chi connectivity index (χ1n) is 9.29. The van der Waals surface area contributed by atoms with E-state index in [0.29, 0.717) is 0 Å². The van der Waals surface area contributed by atoms with Crippen molar-refractivity contribution in [1.82, 2.24) is 4.90 Å². The summed E-state index contributed by atoms with van der Waals surface area (Å²) < 4.78 is 19.6. The first kappa shape index (κ1) is 19.0. The SMILES string of the molecule is CC.CNc1cccc(F)c1N1CCC(CN2CCOCC2)CC1. The Kier molecular flexibility index (Phi) is 7.79. The molecule has 0 radical (unpaired) electrons. The number of nitrogens with zero attached hydrogens (tertiary/aromatic N) is 2. The van der Waals surface area contributed by atoms with Crippen LogP contribution in [0, 0.1) is 11.7 Å². The van der Waals surface area contributed by atoms with Crippen LogP contribution < -0.4 is 10.2 Å². The smallest absolute Gasteiger partial charge is 0.148 e. The van der Waals surface area contributed by atoms with Gasteiger partial charge in [-0.2, -0.15) is 0 Å². The summed E-state index contributed by atoms with van der Waals surface area (Å²) in [4.78, 5) is 4.70. The largest absolute Gasteiger partial charge is 0.386 e. The number of rotatable bonds is 4. The predicted octanol–water partition coefficient (Wildman–Crippen LogP) is 3.44. The standard InChI is InChI=1S/C17H26FN3O.C2H6/c1-19-16-4-2-3-15(18)17(16)21-7-5-14(6-8-21)13-20-9-11-22-12-10-20;1-2/h2-4,14,19H,5-13H2,1H3;1-2H3. The average molecular weight is 337 g/mol. The maximum absolute atomic E-state index is 14.2. The second kappa shape index (κ2) is 9.84. The number of ether oxygens (including phenoxy) is 1. The van der Waals surface area contributed by atoms with Crippen molar-refractivity contribution in [3.8, 4) is 0 Å². The van der Waals surface area contributed by atoms with Gasteiger partial charge in [-0.05, 0) is 30.9 Å². The van der Waals surface area contributed by atoms with E-state index < -0.39 is 0 Å². The maximum Gasteiger partial charge on any atom is 0.148 e. The van der Waals surface area contributed by atoms with Crippen LogP contribution in [0.3, 0.4) is 0 Å². The van der Waals surface area contributed by atoms with Crippen LogP contribution in [0.25, 0.3) is 0 Å². The van der Waals surface area contributed by atoms with Crippen LogP contribution in [0.1, 0.15) is 26.7 Å². The van der Waals surface area contributed by atoms with Gasteiger partial charge in [0, 0.05) is 39.8 Å². The summed E-state index contributed by atoms with van der Waals surface area (Å²) in [5, 5.41) is 3.11. The van der Waals surface area contributed by atoms with Crippen molar-refractivity contribution in [2.75, 3.05) is 63.2 Å². The number of hydrogen-bond donors (Lipinski definition) is 1. The molecule has 0 atom stereocenters. The van der Waals surface area contributed by atoms with Crippen LogP contribution in [-0.2, 0) is 4.74 Å². The van der Waals surface area contributed by atoms with Crippen LogP contribution in [0.2, 0.25) is 0 Å². The van der Waals surface area contributed by atoms with Gasteiger partial charge in [0.2, 0.25) is 0 Å². The van der Waals surface area contributed by atoms with Crippen molar-refractivity contribution < 1.29 is 9.13 Å². The molecule has 0 aliphatic carbocycles. The summed E-state index contributed by atoms with van der Waals surface area (Å²) in [7, 11) is 1.85. The van der Waals surface area contributed by atoms with Crippen molar-refractivity contribution in [3.05, 3.63) is 24.0 Å². The van der Waals surface area contributed by atoms with Gasteiger partial charge in [-0.3, -0.25) is 4.90 Å². The molecule has 1 aromatic carbocycles. The number of piperidine rings is 1. The quantitative estimate of drug-likeness (QED) is 0.911. The van der Waals surface area contributed by atoms with Crippen molar-refractivity contribution in [2.45, 2.75) is 26.7 Å². The van der Waals surface area contributed by atoms with Gasteiger partial charge in [-0.25, -0.2) is 4.39 Å². The molecule has 0 unspecified atom stereocenters. The first-order chi connectivity index (χ1) is 11.8. The van der Waals surface area contributed by atoms with E-state index in [1.165, 1.54) is 0 Å². The van der Waals surface area contributed by atoms with E-state index in [-0.39, 0.29) is 5.82 Å². The zero-order chi connectivity index (χ0) is 17.4. The van der Waals surface area contributed by atoms with Gasteiger partial charge in [0.05, 0.1) is 24.6 Å². The lowest BCUT2D eigenvalue weighted by Crippen LogP contribution is -2.43. The molecular weight excluding hydrogens is 305 g/mol. The number of morpholine rings is 1. The molecule has 0 bridgehead atoms. The molecule has 1 aromatic rings. The van der Waals surface area contributed by atoms with E-state index in [1.54, 1.807) is 12.1 Å². The monoisotopic (exact) mass is 337 g/mol. The second-order valence-electron chi connectivity index (χ2n) is 6.23. The van der Waals surface area contributed by atoms with Gasteiger partial charge in [-0.1, -0.05) is 19.9 Å². The number of halogens is 1. The Bertz CT molecular complexity index is 484. The van der Waals surface area contributed by atoms with Gasteiger partial charge < -0.3 is 15.0 Å². The summed E-state index contributed by atoms with van der Waals surface area (Å²) in [5.74, 6) is 0.595. The van der Waals surface area contributed by atoms with Crippen LogP contribution >= 0.6 is 0 Å². The molecular formula is C19H32FN3O. The molecule has 2 aliphatic heterocycles. The van der Waals surface area contributed by atoms with Crippen LogP contribution in [0.4, 0.5) is 15.8 Å². The lowest BCUT2D eigenvalue weighted by molar-refractivity contribution is 0.0289. The fourth-order valence-corrected chi connectivity index (χ4v) is 3.53. The van der Waals surface area contributed by atoms with E-state index in [9.17, 15) is 4.39 Å². The van der Waals surface area contributed by atoms with Crippen molar-refractivity contribution in [1.29, 1.82) is 0 Å². The minimum Gasteiger partial charge on any atom is -0.386 e. The molecule has 5 heteroatoms. The molecule has 1 N–H and O–H groups in total. The van der Waals surface area contributed by atoms with Crippen molar-refractivity contribution in [2.24, 2.45) is 5.92 Å². The summed E-state index contributed by atoms with van der Waals surface area (Å²) in [6.07, 6.45) is 2.27. The molecule has 24 heavy (non-hydrogen) atoms. The summed E-state index contributed by atoms with van der Waals surface area (Å²) in [6.45, 7) is 10.9. The van der Waals surface area contributed by atoms with E-state index >= 15 is 0 Å². The van der Waals surface area contributed by atoms with Gasteiger partial charge in [0.1, 0.15) is 5.82 Å². The lowest BCUT2D eigenvalue weighted by Gasteiger charge is -2.37. The highest BCUT2D eigenvalue weighted by Crippen LogP contribution is 2.32. The third-order valence-electron chi connectivity index (χ3n) is 4.81. The summed E-state index contributed by atoms with van der Waals surface area (Å²) in [5.41, 5.74) is 1.61. The second-order valence-corrected chi connectivity index (χ2v) is 6.23. The van der Waals surface area contributed by atoms with E-state index in [0.717, 1.165) is 76.1 Å². The minimum atomic E-state index is -0.126. The van der Waals surface area contributed by atoms with Crippen molar-refractivity contribution >= 4 is 11.4 Å². The topological polar surface area (TPSA) is 27.7 Å². The fraction of sp³-hybridized carbons (Fsp3) is 0.684. The zero-order valence-corrected chi connectivity index (χ0v) is 15.4. The number of hydrogen-bond acceptors (Lipinski definition) is 4. The molecule has 2 saturated heterocycles. The number of anilines is 2. The molecule has 0 aromatic heterocycles. The molecule has 2 aliphatic rings. The average Bonchev–Trinajstić information content (AvgIpc) is 2.65. The molecule has 3 rings (SSSR count). The highest BCUT2D eigenvalue weighted by molar-refractivity contribution is 5.70. The highest BCUT2D eigenvalue weighted by atomic mass is 19.1. The zero-order valence-electron chi connectivity index (χ0n) is 15.4. The highest BCUT2D eigenvalue weighted by Gasteiger charge is 2.25. The molecule has 0 spiro atoms. The number of benzene rings is 1. The molecule has 4 nitrogen and oxygen atoms in total. The van der Waals surface area contributed by atoms with Crippen LogP contribution in [0.5, 0.6) is 0 Å². The Morgan fingerprint density at radius 3 is 2.42 bits per heavy atom. The van der Waals surface area contributed by atoms with Crippen LogP contribution in [0.15, 0.2) is 18.2 Å². The minimum absolute atomic E-state index is 0.126. The van der Waals surface area contributed by atoms with E-state index in [4.69, 9.17) is 4.74 Å². The summed E-state index contributed by atoms with van der Waals surface area (Å²) in [6, 6.07) is 5.25. The van der Waals surface area contributed by atoms with Gasteiger partial charge in [0.15, 0.2) is 0 Å². The van der Waals surface area contributed by atoms with Crippen LogP contribution in [-0.4, -0.2) is 57.9 Å². The normalized spacial score (nSPS) is 19.6. The lowest BCUT2D eigenvalue weighted by atomic mass is 9.95. The van der Waals surface area contributed by atoms with Gasteiger partial charge in [0.25, 0.3) is 0 Å². The molecule has 2 fully saturated rings. The molecule has 2 heterocycles. The third-order valence-corrected chi connectivity index (χ3v) is 4.81. The van der Waals surface area contributed by atoms with E-state index in [1.807, 2.05) is 27.0 Å². The van der Waals surface area contributed by atoms with Crippen molar-refractivity contribution in [3.63, 3.8) is 0 Å². The number of para-hydroxylation sites is 1. The Morgan fingerprint density at radius 2 is 1.79 bits per heavy atom. The molecule has 0 saturated carbocycles. The van der Waals surface area contributed by atoms with Gasteiger partial charge >= 0.3 is 0 Å². The Labute approximate surface area is 146 Å². The number of nitrogens with one attached hydrogen (secondary N) is 1.